The van der Waals surface area contributed by atoms with Crippen molar-refractivity contribution in [1.82, 2.24) is 0 Å². The number of amidine groups is 1. The maximum Gasteiger partial charge on any atom is 0.306 e. The van der Waals surface area contributed by atoms with Gasteiger partial charge in [0.15, 0.2) is 0 Å². The van der Waals surface area contributed by atoms with Crippen molar-refractivity contribution in [3.05, 3.63) is 48.6 Å². The molecule has 0 saturated heterocycles. The van der Waals surface area contributed by atoms with E-state index in [0.29, 0.717) is 19.3 Å². The molecular formula is C42H75N3O2. The van der Waals surface area contributed by atoms with E-state index in [1.165, 1.54) is 128 Å². The summed E-state index contributed by atoms with van der Waals surface area (Å²) in [7, 11) is 0. The summed E-state index contributed by atoms with van der Waals surface area (Å²) in [5.74, 6) is -0.134. The first-order valence-corrected chi connectivity index (χ1v) is 19.9. The second kappa shape index (κ2) is 38.2. The highest BCUT2D eigenvalue weighted by molar-refractivity contribution is 5.79. The standard InChI is InChI=1S/C42H75N3O2/c1-3-5-7-9-11-13-15-17-19-21-23-25-27-29-31-33-36-40(47-42(46)39-35-38-41(43)45-44)37-34-32-30-28-26-24-22-20-18-16-14-12-10-8-6-4-2/h11-14,17-20,40,43-44H,3-10,15-16,21-39H2,1-2H3/b13-11-,14-12-,19-17-,20-18-,43-41?,45-44?. The van der Waals surface area contributed by atoms with Crippen molar-refractivity contribution in [3.63, 3.8) is 0 Å². The van der Waals surface area contributed by atoms with Gasteiger partial charge in [0.2, 0.25) is 0 Å². The molecule has 0 aliphatic carbocycles. The number of nitrogens with zero attached hydrogens (tertiary/aromatic N) is 1. The number of ether oxygens (including phenoxy) is 1. The van der Waals surface area contributed by atoms with Crippen LogP contribution < -0.4 is 0 Å². The van der Waals surface area contributed by atoms with Gasteiger partial charge in [0.25, 0.3) is 0 Å². The molecule has 0 aliphatic heterocycles. The minimum absolute atomic E-state index is 0.0134. The Morgan fingerprint density at radius 3 is 1.32 bits per heavy atom. The lowest BCUT2D eigenvalue weighted by Crippen LogP contribution is -2.18. The molecule has 0 bridgehead atoms. The second-order valence-electron chi connectivity index (χ2n) is 13.3. The SMILES string of the molecule is CCCCC/C=C\C/C=C\CCCCCCCCC(CCCCCCCC/C=C\C/C=C\CCCCC)OC(=O)CCCC(=N)N=N. The van der Waals surface area contributed by atoms with E-state index in [2.05, 4.69) is 67.6 Å². The Labute approximate surface area is 291 Å². The van der Waals surface area contributed by atoms with Crippen LogP contribution in [0.3, 0.4) is 0 Å². The molecule has 5 nitrogen and oxygen atoms in total. The topological polar surface area (TPSA) is 86.4 Å². The number of unbranched alkanes of at least 4 members (excludes halogenated alkanes) is 18. The molecule has 270 valence electrons. The Bertz CT molecular complexity index is 782. The molecule has 0 amide bonds. The third-order valence-corrected chi connectivity index (χ3v) is 8.68. The monoisotopic (exact) mass is 654 g/mol. The number of hydrogen-bond acceptors (Lipinski definition) is 4. The predicted octanol–water partition coefficient (Wildman–Crippen LogP) is 14.5. The molecule has 0 spiro atoms. The van der Waals surface area contributed by atoms with Crippen LogP contribution in [0.15, 0.2) is 53.7 Å². The van der Waals surface area contributed by atoms with Crippen LogP contribution in [-0.2, 0) is 9.53 Å². The number of carbonyl (C=O) groups excluding carboxylic acids is 1. The number of allylic oxidation sites excluding steroid dienone is 8. The van der Waals surface area contributed by atoms with E-state index >= 15 is 0 Å². The van der Waals surface area contributed by atoms with E-state index in [1.807, 2.05) is 0 Å². The van der Waals surface area contributed by atoms with E-state index in [0.717, 1.165) is 38.5 Å². The Hall–Kier alpha value is -2.30. The fraction of sp³-hybridized carbons (Fsp3) is 0.762. The summed E-state index contributed by atoms with van der Waals surface area (Å²) in [4.78, 5) is 12.5. The van der Waals surface area contributed by atoms with Gasteiger partial charge in [-0.05, 0) is 96.3 Å². The van der Waals surface area contributed by atoms with Crippen LogP contribution in [0, 0.1) is 10.9 Å². The average Bonchev–Trinajstić information content (AvgIpc) is 3.07. The van der Waals surface area contributed by atoms with Crippen molar-refractivity contribution in [2.75, 3.05) is 0 Å². The molecule has 2 N–H and O–H groups in total. The Morgan fingerprint density at radius 2 is 0.915 bits per heavy atom. The van der Waals surface area contributed by atoms with Crippen LogP contribution in [0.1, 0.15) is 200 Å². The average molecular weight is 654 g/mol. The van der Waals surface area contributed by atoms with Crippen LogP contribution in [0.25, 0.3) is 0 Å². The van der Waals surface area contributed by atoms with Crippen molar-refractivity contribution >= 4 is 11.8 Å². The second-order valence-corrected chi connectivity index (χ2v) is 13.3. The summed E-state index contributed by atoms with van der Waals surface area (Å²) >= 11 is 0. The molecule has 0 saturated carbocycles. The fourth-order valence-corrected chi connectivity index (χ4v) is 5.68. The quantitative estimate of drug-likeness (QED) is 0.0178. The number of rotatable bonds is 35. The van der Waals surface area contributed by atoms with E-state index < -0.39 is 0 Å². The first kappa shape index (κ1) is 44.7. The zero-order valence-electron chi connectivity index (χ0n) is 31.0. The molecule has 47 heavy (non-hydrogen) atoms. The molecule has 0 radical (unpaired) electrons. The highest BCUT2D eigenvalue weighted by atomic mass is 16.5. The van der Waals surface area contributed by atoms with Crippen LogP contribution in [-0.4, -0.2) is 17.9 Å². The van der Waals surface area contributed by atoms with E-state index in [1.54, 1.807) is 0 Å². The number of carbonyl (C=O) groups is 1. The molecule has 0 heterocycles. The first-order chi connectivity index (χ1) is 23.1. The molecule has 5 heteroatoms. The maximum absolute atomic E-state index is 12.5. The molecule has 0 aromatic heterocycles. The van der Waals surface area contributed by atoms with Crippen LogP contribution in [0.2, 0.25) is 0 Å². The van der Waals surface area contributed by atoms with Gasteiger partial charge in [-0.1, -0.05) is 140 Å². The Balaban J connectivity index is 4.08. The normalized spacial score (nSPS) is 12.1. The van der Waals surface area contributed by atoms with E-state index in [-0.39, 0.29) is 17.9 Å². The van der Waals surface area contributed by atoms with Gasteiger partial charge in [0.05, 0.1) is 0 Å². The zero-order valence-corrected chi connectivity index (χ0v) is 31.0. The first-order valence-electron chi connectivity index (χ1n) is 19.9. The molecule has 0 atom stereocenters. The van der Waals surface area contributed by atoms with Gasteiger partial charge in [0, 0.05) is 12.8 Å². The summed E-state index contributed by atoms with van der Waals surface area (Å²) in [5, 5.41) is 10.6. The molecule has 0 aliphatic rings. The molecule has 0 rings (SSSR count). The third-order valence-electron chi connectivity index (χ3n) is 8.68. The molecule has 0 unspecified atom stereocenters. The van der Waals surface area contributed by atoms with Crippen LogP contribution >= 0.6 is 0 Å². The molecular weight excluding hydrogens is 578 g/mol. The van der Waals surface area contributed by atoms with Gasteiger partial charge in [-0.2, -0.15) is 0 Å². The summed E-state index contributed by atoms with van der Waals surface area (Å²) < 4.78 is 5.90. The van der Waals surface area contributed by atoms with Gasteiger partial charge in [-0.15, -0.1) is 5.11 Å². The van der Waals surface area contributed by atoms with Gasteiger partial charge < -0.3 is 4.74 Å². The lowest BCUT2D eigenvalue weighted by molar-refractivity contribution is -0.150. The number of nitrogens with one attached hydrogen (secondary N) is 2. The lowest BCUT2D eigenvalue weighted by atomic mass is 10.0. The smallest absolute Gasteiger partial charge is 0.306 e. The van der Waals surface area contributed by atoms with Crippen molar-refractivity contribution in [3.8, 4) is 0 Å². The highest BCUT2D eigenvalue weighted by Gasteiger charge is 2.14. The third kappa shape index (κ3) is 36.4. The van der Waals surface area contributed by atoms with E-state index in [9.17, 15) is 4.79 Å². The van der Waals surface area contributed by atoms with Gasteiger partial charge >= 0.3 is 5.97 Å². The number of esters is 1. The molecule has 0 fully saturated rings. The summed E-state index contributed by atoms with van der Waals surface area (Å²) in [5.41, 5.74) is 6.90. The number of hydrogen-bond donors (Lipinski definition) is 2. The van der Waals surface area contributed by atoms with Crippen molar-refractivity contribution < 1.29 is 9.53 Å². The van der Waals surface area contributed by atoms with Crippen LogP contribution in [0.4, 0.5) is 0 Å². The van der Waals surface area contributed by atoms with Crippen molar-refractivity contribution in [2.24, 2.45) is 5.11 Å². The Morgan fingerprint density at radius 1 is 0.532 bits per heavy atom. The Kier molecular flexibility index (Phi) is 36.3. The maximum atomic E-state index is 12.5. The lowest BCUT2D eigenvalue weighted by Gasteiger charge is -2.18. The van der Waals surface area contributed by atoms with E-state index in [4.69, 9.17) is 15.7 Å². The van der Waals surface area contributed by atoms with Crippen LogP contribution in [0.5, 0.6) is 0 Å². The van der Waals surface area contributed by atoms with Gasteiger partial charge in [0.1, 0.15) is 11.9 Å². The largest absolute Gasteiger partial charge is 0.462 e. The predicted molar refractivity (Wildman–Crippen MR) is 205 cm³/mol. The zero-order chi connectivity index (χ0) is 34.3. The highest BCUT2D eigenvalue weighted by Crippen LogP contribution is 2.18. The van der Waals surface area contributed by atoms with Gasteiger partial charge in [-0.3, -0.25) is 10.2 Å². The molecule has 0 aromatic carbocycles. The molecule has 0 aromatic rings. The van der Waals surface area contributed by atoms with Gasteiger partial charge in [-0.25, -0.2) is 5.53 Å². The summed E-state index contributed by atoms with van der Waals surface area (Å²) in [6.07, 6.45) is 51.4. The fourth-order valence-electron chi connectivity index (χ4n) is 5.68. The minimum atomic E-state index is -0.159. The minimum Gasteiger partial charge on any atom is -0.462 e. The van der Waals surface area contributed by atoms with Crippen molar-refractivity contribution in [1.29, 1.82) is 10.9 Å². The summed E-state index contributed by atoms with van der Waals surface area (Å²) in [6, 6.07) is 0. The summed E-state index contributed by atoms with van der Waals surface area (Å²) in [6.45, 7) is 4.50. The van der Waals surface area contributed by atoms with Crippen molar-refractivity contribution in [2.45, 2.75) is 206 Å².